The van der Waals surface area contributed by atoms with Gasteiger partial charge in [-0.15, -0.1) is 0 Å². The highest BCUT2D eigenvalue weighted by Crippen LogP contribution is 2.13. The summed E-state index contributed by atoms with van der Waals surface area (Å²) in [6.45, 7) is 2.33. The number of amides is 1. The van der Waals surface area contributed by atoms with Crippen LogP contribution in [0, 0.1) is 6.92 Å². The van der Waals surface area contributed by atoms with Crippen molar-refractivity contribution < 1.29 is 4.79 Å². The molecule has 0 saturated carbocycles. The lowest BCUT2D eigenvalue weighted by Crippen LogP contribution is -2.22. The Balaban J connectivity index is 1.74. The molecule has 21 heavy (non-hydrogen) atoms. The summed E-state index contributed by atoms with van der Waals surface area (Å²) in [5.74, 6) is -0.109. The lowest BCUT2D eigenvalue weighted by Gasteiger charge is -2.03. The summed E-state index contributed by atoms with van der Waals surface area (Å²) in [4.78, 5) is 16.5. The van der Waals surface area contributed by atoms with Gasteiger partial charge in [0.15, 0.2) is 0 Å². The summed E-state index contributed by atoms with van der Waals surface area (Å²) in [5.41, 5.74) is 3.24. The van der Waals surface area contributed by atoms with Crippen molar-refractivity contribution in [2.45, 2.75) is 13.5 Å². The molecule has 0 fully saturated rings. The molecule has 0 atom stereocenters. The number of aromatic nitrogens is 2. The van der Waals surface area contributed by atoms with Crippen molar-refractivity contribution in [3.05, 3.63) is 70.6 Å². The molecule has 0 saturated heterocycles. The molecule has 1 aromatic carbocycles. The normalized spacial score (nSPS) is 10.8. The quantitative estimate of drug-likeness (QED) is 0.755. The first kappa shape index (κ1) is 13.6. The summed E-state index contributed by atoms with van der Waals surface area (Å²) in [7, 11) is 0. The van der Waals surface area contributed by atoms with Crippen LogP contribution in [0.3, 0.4) is 0 Å². The molecular formula is C16H14ClN3O. The fraction of sp³-hybridized carbons (Fsp3) is 0.125. The summed E-state index contributed by atoms with van der Waals surface area (Å²) in [5, 5.41) is 3.46. The maximum Gasteiger partial charge on any atom is 0.251 e. The molecule has 4 nitrogen and oxygen atoms in total. The molecule has 3 aromatic rings. The topological polar surface area (TPSA) is 46.4 Å². The Morgan fingerprint density at radius 2 is 2.10 bits per heavy atom. The van der Waals surface area contributed by atoms with Gasteiger partial charge in [-0.05, 0) is 31.2 Å². The molecule has 1 amide bonds. The van der Waals surface area contributed by atoms with Crippen molar-refractivity contribution in [1.29, 1.82) is 0 Å². The van der Waals surface area contributed by atoms with E-state index < -0.39 is 0 Å². The number of nitrogens with one attached hydrogen (secondary N) is 1. The highest BCUT2D eigenvalue weighted by molar-refractivity contribution is 6.29. The van der Waals surface area contributed by atoms with E-state index in [4.69, 9.17) is 11.6 Å². The number of imidazole rings is 1. The van der Waals surface area contributed by atoms with Crippen LogP contribution in [0.25, 0.3) is 5.65 Å². The smallest absolute Gasteiger partial charge is 0.251 e. The summed E-state index contributed by atoms with van der Waals surface area (Å²) >= 11 is 6.08. The number of benzene rings is 1. The molecule has 0 aliphatic heterocycles. The zero-order chi connectivity index (χ0) is 14.8. The van der Waals surface area contributed by atoms with Crippen LogP contribution >= 0.6 is 11.6 Å². The third-order valence-electron chi connectivity index (χ3n) is 3.20. The van der Waals surface area contributed by atoms with Crippen molar-refractivity contribution in [1.82, 2.24) is 14.7 Å². The van der Waals surface area contributed by atoms with E-state index in [1.807, 2.05) is 43.5 Å². The maximum absolute atomic E-state index is 12.1. The fourth-order valence-corrected chi connectivity index (χ4v) is 2.38. The van der Waals surface area contributed by atoms with Gasteiger partial charge in [0.1, 0.15) is 10.8 Å². The van der Waals surface area contributed by atoms with Crippen LogP contribution in [0.4, 0.5) is 0 Å². The fourth-order valence-electron chi connectivity index (χ4n) is 2.17. The van der Waals surface area contributed by atoms with E-state index in [9.17, 15) is 4.79 Å². The molecule has 106 valence electrons. The molecular weight excluding hydrogens is 286 g/mol. The van der Waals surface area contributed by atoms with E-state index in [0.29, 0.717) is 17.3 Å². The Hall–Kier alpha value is -2.33. The van der Waals surface area contributed by atoms with Gasteiger partial charge >= 0.3 is 0 Å². The molecule has 2 heterocycles. The minimum atomic E-state index is -0.109. The number of fused-ring (bicyclic) bond motifs is 1. The molecule has 0 bridgehead atoms. The lowest BCUT2D eigenvalue weighted by atomic mass is 10.1. The molecule has 0 radical (unpaired) electrons. The zero-order valence-electron chi connectivity index (χ0n) is 11.5. The van der Waals surface area contributed by atoms with Crippen LogP contribution in [0.2, 0.25) is 5.15 Å². The predicted octanol–water partition coefficient (Wildman–Crippen LogP) is 3.23. The van der Waals surface area contributed by atoms with Gasteiger partial charge in [0.05, 0.1) is 12.2 Å². The Labute approximate surface area is 127 Å². The van der Waals surface area contributed by atoms with Gasteiger partial charge in [-0.2, -0.15) is 0 Å². The molecule has 3 rings (SSSR count). The minimum absolute atomic E-state index is 0.109. The second-order valence-corrected chi connectivity index (χ2v) is 5.25. The van der Waals surface area contributed by atoms with Crippen molar-refractivity contribution in [2.24, 2.45) is 0 Å². The van der Waals surface area contributed by atoms with Gasteiger partial charge in [-0.3, -0.25) is 9.20 Å². The van der Waals surface area contributed by atoms with Gasteiger partial charge in [0.25, 0.3) is 5.91 Å². The Kier molecular flexibility index (Phi) is 3.62. The SMILES string of the molecule is Cc1cccc(C(=O)NCc2cn3c(Cl)cccc3n2)c1. The van der Waals surface area contributed by atoms with Gasteiger partial charge < -0.3 is 5.32 Å². The third kappa shape index (κ3) is 2.90. The second-order valence-electron chi connectivity index (χ2n) is 4.86. The zero-order valence-corrected chi connectivity index (χ0v) is 12.3. The van der Waals surface area contributed by atoms with Crippen LogP contribution in [-0.4, -0.2) is 15.3 Å². The van der Waals surface area contributed by atoms with Gasteiger partial charge in [-0.25, -0.2) is 4.98 Å². The Morgan fingerprint density at radius 1 is 1.29 bits per heavy atom. The molecule has 1 N–H and O–H groups in total. The third-order valence-corrected chi connectivity index (χ3v) is 3.51. The number of hydrogen-bond donors (Lipinski definition) is 1. The van der Waals surface area contributed by atoms with E-state index in [0.717, 1.165) is 16.9 Å². The molecule has 0 unspecified atom stereocenters. The number of halogens is 1. The van der Waals surface area contributed by atoms with E-state index in [1.165, 1.54) is 0 Å². The van der Waals surface area contributed by atoms with Crippen molar-refractivity contribution in [3.8, 4) is 0 Å². The number of nitrogens with zero attached hydrogens (tertiary/aromatic N) is 2. The number of rotatable bonds is 3. The summed E-state index contributed by atoms with van der Waals surface area (Å²) in [6.07, 6.45) is 1.83. The number of carbonyl (C=O) groups is 1. The molecule has 5 heteroatoms. The maximum atomic E-state index is 12.1. The first-order valence-electron chi connectivity index (χ1n) is 6.61. The standard InChI is InChI=1S/C16H14ClN3O/c1-11-4-2-5-12(8-11)16(21)18-9-13-10-20-14(17)6-3-7-15(20)19-13/h2-8,10H,9H2,1H3,(H,18,21). The largest absolute Gasteiger partial charge is 0.346 e. The molecule has 0 aliphatic rings. The second kappa shape index (κ2) is 5.58. The molecule has 0 aliphatic carbocycles. The Bertz CT molecular complexity index is 810. The van der Waals surface area contributed by atoms with E-state index in [1.54, 1.807) is 16.5 Å². The lowest BCUT2D eigenvalue weighted by molar-refractivity contribution is 0.0950. The first-order valence-corrected chi connectivity index (χ1v) is 6.98. The molecule has 2 aromatic heterocycles. The van der Waals surface area contributed by atoms with Gasteiger partial charge in [0.2, 0.25) is 0 Å². The first-order chi connectivity index (χ1) is 10.1. The van der Waals surface area contributed by atoms with Crippen LogP contribution < -0.4 is 5.32 Å². The number of pyridine rings is 1. The van der Waals surface area contributed by atoms with Crippen molar-refractivity contribution >= 4 is 23.2 Å². The van der Waals surface area contributed by atoms with Gasteiger partial charge in [-0.1, -0.05) is 35.4 Å². The average molecular weight is 300 g/mol. The van der Waals surface area contributed by atoms with Crippen molar-refractivity contribution in [2.75, 3.05) is 0 Å². The van der Waals surface area contributed by atoms with Crippen LogP contribution in [0.1, 0.15) is 21.6 Å². The number of carbonyl (C=O) groups excluding carboxylic acids is 1. The van der Waals surface area contributed by atoms with Crippen molar-refractivity contribution in [3.63, 3.8) is 0 Å². The highest BCUT2D eigenvalue weighted by Gasteiger charge is 2.08. The van der Waals surface area contributed by atoms with E-state index in [-0.39, 0.29) is 5.91 Å². The summed E-state index contributed by atoms with van der Waals surface area (Å²) in [6, 6.07) is 13.0. The molecule has 0 spiro atoms. The number of aryl methyl sites for hydroxylation is 1. The highest BCUT2D eigenvalue weighted by atomic mass is 35.5. The van der Waals surface area contributed by atoms with Crippen LogP contribution in [-0.2, 0) is 6.54 Å². The van der Waals surface area contributed by atoms with E-state index in [2.05, 4.69) is 10.3 Å². The Morgan fingerprint density at radius 3 is 2.86 bits per heavy atom. The van der Waals surface area contributed by atoms with Crippen LogP contribution in [0.15, 0.2) is 48.7 Å². The summed E-state index contributed by atoms with van der Waals surface area (Å²) < 4.78 is 1.79. The van der Waals surface area contributed by atoms with Crippen LogP contribution in [0.5, 0.6) is 0 Å². The number of hydrogen-bond acceptors (Lipinski definition) is 2. The average Bonchev–Trinajstić information content (AvgIpc) is 2.89. The minimum Gasteiger partial charge on any atom is -0.346 e. The van der Waals surface area contributed by atoms with E-state index >= 15 is 0 Å². The predicted molar refractivity (Wildman–Crippen MR) is 82.6 cm³/mol. The van der Waals surface area contributed by atoms with Gasteiger partial charge in [0, 0.05) is 11.8 Å². The monoisotopic (exact) mass is 299 g/mol.